The Kier molecular flexibility index (Phi) is 37.2. The molecular weight excluding hydrogens is 615 g/mol. The average molecular weight is 695 g/mol. The normalized spacial score (nSPS) is 14.4. The van der Waals surface area contributed by atoms with Gasteiger partial charge >= 0.3 is 7.82 Å². The number of hydrogen-bond acceptors (Lipinski definition) is 7. The molecule has 0 radical (unpaired) electrons. The van der Waals surface area contributed by atoms with Crippen LogP contribution in [0.4, 0.5) is 0 Å². The van der Waals surface area contributed by atoms with Gasteiger partial charge in [-0.05, 0) is 12.8 Å². The largest absolute Gasteiger partial charge is 0.472 e. The molecule has 0 heterocycles. The van der Waals surface area contributed by atoms with E-state index in [0.717, 1.165) is 25.7 Å². The summed E-state index contributed by atoms with van der Waals surface area (Å²) in [6.45, 7) is 4.83. The molecule has 0 bridgehead atoms. The van der Waals surface area contributed by atoms with Crippen LogP contribution in [0.2, 0.25) is 0 Å². The Bertz CT molecular complexity index is 653. The molecule has 284 valence electrons. The smallest absolute Gasteiger partial charge is 0.394 e. The first kappa shape index (κ1) is 47.0. The Labute approximate surface area is 291 Å². The van der Waals surface area contributed by atoms with E-state index in [1.807, 2.05) is 0 Å². The van der Waals surface area contributed by atoms with Gasteiger partial charge in [-0.15, -0.1) is 0 Å². The van der Waals surface area contributed by atoms with Gasteiger partial charge < -0.3 is 24.6 Å². The summed E-state index contributed by atoms with van der Waals surface area (Å²) < 4.78 is 34.0. The van der Waals surface area contributed by atoms with Gasteiger partial charge in [0.25, 0.3) is 0 Å². The summed E-state index contributed by atoms with van der Waals surface area (Å²) >= 11 is 0. The molecule has 0 amide bonds. The van der Waals surface area contributed by atoms with Crippen molar-refractivity contribution in [3.63, 3.8) is 0 Å². The Morgan fingerprint density at radius 1 is 0.489 bits per heavy atom. The minimum absolute atomic E-state index is 0.139. The zero-order valence-electron chi connectivity index (χ0n) is 31.0. The third-order valence-electron chi connectivity index (χ3n) is 8.86. The molecule has 0 spiro atoms. The molecule has 0 aliphatic rings. The Hall–Kier alpha value is -0.0500. The van der Waals surface area contributed by atoms with Crippen molar-refractivity contribution >= 4 is 7.82 Å². The second-order valence-electron chi connectivity index (χ2n) is 13.7. The van der Waals surface area contributed by atoms with Crippen LogP contribution in [0.1, 0.15) is 194 Å². The van der Waals surface area contributed by atoms with E-state index in [1.54, 1.807) is 0 Å². The summed E-state index contributed by atoms with van der Waals surface area (Å²) in [7, 11) is -4.37. The maximum atomic E-state index is 12.2. The second kappa shape index (κ2) is 37.2. The summed E-state index contributed by atoms with van der Waals surface area (Å²) in [5.74, 6) is 0. The Balaban J connectivity index is 4.03. The van der Waals surface area contributed by atoms with Crippen molar-refractivity contribution in [3.05, 3.63) is 0 Å². The summed E-state index contributed by atoms with van der Waals surface area (Å²) in [6.07, 6.45) is 34.8. The van der Waals surface area contributed by atoms with Gasteiger partial charge in [-0.25, -0.2) is 4.57 Å². The Morgan fingerprint density at radius 3 is 1.21 bits per heavy atom. The van der Waals surface area contributed by atoms with E-state index in [4.69, 9.17) is 23.6 Å². The number of aliphatic hydroxyl groups excluding tert-OH is 2. The van der Waals surface area contributed by atoms with E-state index >= 15 is 0 Å². The highest BCUT2D eigenvalue weighted by atomic mass is 31.2. The monoisotopic (exact) mass is 695 g/mol. The van der Waals surface area contributed by atoms with E-state index in [1.165, 1.54) is 154 Å². The first-order valence-corrected chi connectivity index (χ1v) is 21.5. The van der Waals surface area contributed by atoms with E-state index in [2.05, 4.69) is 13.8 Å². The highest BCUT2D eigenvalue weighted by molar-refractivity contribution is 7.47. The molecule has 0 aliphatic carbocycles. The molecule has 8 nitrogen and oxygen atoms in total. The maximum Gasteiger partial charge on any atom is 0.472 e. The zero-order valence-corrected chi connectivity index (χ0v) is 31.9. The average Bonchev–Trinajstić information content (AvgIpc) is 3.07. The lowest BCUT2D eigenvalue weighted by Crippen LogP contribution is -2.27. The molecular formula is C38H79O8P. The lowest BCUT2D eigenvalue weighted by molar-refractivity contribution is -0.0462. The predicted octanol–water partition coefficient (Wildman–Crippen LogP) is 10.8. The summed E-state index contributed by atoms with van der Waals surface area (Å²) in [5.41, 5.74) is 0. The minimum atomic E-state index is -4.37. The van der Waals surface area contributed by atoms with Crippen molar-refractivity contribution in [2.45, 2.75) is 206 Å². The van der Waals surface area contributed by atoms with Crippen molar-refractivity contribution < 1.29 is 38.2 Å². The van der Waals surface area contributed by atoms with Crippen molar-refractivity contribution in [1.29, 1.82) is 0 Å². The van der Waals surface area contributed by atoms with Gasteiger partial charge in [0.1, 0.15) is 12.2 Å². The molecule has 9 heteroatoms. The van der Waals surface area contributed by atoms with Crippen LogP contribution >= 0.6 is 7.82 Å². The minimum Gasteiger partial charge on any atom is -0.394 e. The highest BCUT2D eigenvalue weighted by Gasteiger charge is 2.25. The fourth-order valence-corrected chi connectivity index (χ4v) is 6.54. The topological polar surface area (TPSA) is 115 Å². The molecule has 0 fully saturated rings. The van der Waals surface area contributed by atoms with Crippen LogP contribution in [0.25, 0.3) is 0 Å². The summed E-state index contributed by atoms with van der Waals surface area (Å²) in [6, 6.07) is 0. The lowest BCUT2D eigenvalue weighted by atomic mass is 10.0. The van der Waals surface area contributed by atoms with Gasteiger partial charge in [0.05, 0.1) is 26.4 Å². The van der Waals surface area contributed by atoms with Crippen LogP contribution in [0.15, 0.2) is 0 Å². The van der Waals surface area contributed by atoms with Crippen LogP contribution in [0.3, 0.4) is 0 Å². The van der Waals surface area contributed by atoms with Crippen molar-refractivity contribution in [3.8, 4) is 0 Å². The third-order valence-corrected chi connectivity index (χ3v) is 9.81. The number of phosphoric ester groups is 1. The molecule has 47 heavy (non-hydrogen) atoms. The molecule has 3 N–H and O–H groups in total. The number of aliphatic hydroxyl groups is 2. The molecule has 0 aromatic heterocycles. The van der Waals surface area contributed by atoms with E-state index in [-0.39, 0.29) is 13.2 Å². The van der Waals surface area contributed by atoms with E-state index in [9.17, 15) is 14.6 Å². The van der Waals surface area contributed by atoms with Crippen LogP contribution in [0.5, 0.6) is 0 Å². The van der Waals surface area contributed by atoms with Gasteiger partial charge in [-0.1, -0.05) is 181 Å². The lowest BCUT2D eigenvalue weighted by Gasteiger charge is -2.20. The van der Waals surface area contributed by atoms with Crippen molar-refractivity contribution in [1.82, 2.24) is 0 Å². The van der Waals surface area contributed by atoms with Gasteiger partial charge in [-0.3, -0.25) is 9.05 Å². The second-order valence-corrected chi connectivity index (χ2v) is 15.1. The number of phosphoric acid groups is 1. The van der Waals surface area contributed by atoms with Crippen molar-refractivity contribution in [2.24, 2.45) is 0 Å². The Morgan fingerprint density at radius 2 is 0.830 bits per heavy atom. The van der Waals surface area contributed by atoms with Gasteiger partial charge in [-0.2, -0.15) is 0 Å². The standard InChI is InChI=1S/C38H79O8P/c1-3-5-7-9-11-13-15-17-19-21-23-25-27-29-31-43-35-38(36-46-47(41,42)45-34-37(40)33-39)44-32-30-28-26-24-22-20-18-16-14-12-10-8-6-4-2/h37-40H,3-36H2,1-2H3,(H,41,42)/t37-,38+/m0/s1. The SMILES string of the molecule is CCCCCCCCCCCCCCCCOC[C@H](COP(=O)(O)OC[C@@H](O)CO)OCCCCCCCCCCCCCCCC. The molecule has 0 rings (SSSR count). The predicted molar refractivity (Wildman–Crippen MR) is 196 cm³/mol. The van der Waals surface area contributed by atoms with Crippen LogP contribution in [0, 0.1) is 0 Å². The van der Waals surface area contributed by atoms with Gasteiger partial charge in [0.2, 0.25) is 0 Å². The van der Waals surface area contributed by atoms with Crippen LogP contribution in [-0.2, 0) is 23.1 Å². The number of unbranched alkanes of at least 4 members (excludes halogenated alkanes) is 26. The fraction of sp³-hybridized carbons (Fsp3) is 1.00. The van der Waals surface area contributed by atoms with E-state index < -0.39 is 33.2 Å². The number of ether oxygens (including phenoxy) is 2. The zero-order chi connectivity index (χ0) is 34.5. The molecule has 0 aromatic carbocycles. The third kappa shape index (κ3) is 37.0. The highest BCUT2D eigenvalue weighted by Crippen LogP contribution is 2.43. The molecule has 0 saturated carbocycles. The van der Waals surface area contributed by atoms with Crippen LogP contribution in [-0.4, -0.2) is 67.0 Å². The van der Waals surface area contributed by atoms with Crippen LogP contribution < -0.4 is 0 Å². The first-order valence-electron chi connectivity index (χ1n) is 20.0. The summed E-state index contributed by atoms with van der Waals surface area (Å²) in [4.78, 5) is 9.95. The maximum absolute atomic E-state index is 12.2. The van der Waals surface area contributed by atoms with Gasteiger partial charge in [0.15, 0.2) is 0 Å². The van der Waals surface area contributed by atoms with E-state index in [0.29, 0.717) is 13.2 Å². The van der Waals surface area contributed by atoms with Gasteiger partial charge in [0, 0.05) is 13.2 Å². The quantitative estimate of drug-likeness (QED) is 0.0429. The molecule has 0 saturated heterocycles. The summed E-state index contributed by atoms with van der Waals surface area (Å²) in [5, 5.41) is 18.3. The number of hydrogen-bond donors (Lipinski definition) is 3. The fourth-order valence-electron chi connectivity index (χ4n) is 5.75. The number of rotatable bonds is 40. The molecule has 0 aromatic rings. The van der Waals surface area contributed by atoms with Crippen molar-refractivity contribution in [2.75, 3.05) is 39.6 Å². The molecule has 3 atom stereocenters. The first-order chi connectivity index (χ1) is 22.9. The molecule has 1 unspecified atom stereocenters. The molecule has 0 aliphatic heterocycles.